The molecule has 0 aliphatic rings. The first-order valence-electron chi connectivity index (χ1n) is 8.46. The van der Waals surface area contributed by atoms with Crippen LogP contribution >= 0.6 is 0 Å². The molecule has 0 heterocycles. The average Bonchev–Trinajstić information content (AvgIpc) is 2.68. The van der Waals surface area contributed by atoms with Crippen LogP contribution in [0.5, 0.6) is 17.2 Å². The molecule has 3 aromatic rings. The lowest BCUT2D eigenvalue weighted by molar-refractivity contribution is 0.306. The zero-order valence-electron chi connectivity index (χ0n) is 14.6. The molecule has 0 saturated carbocycles. The van der Waals surface area contributed by atoms with Crippen molar-refractivity contribution in [1.29, 1.82) is 0 Å². The fourth-order valence-electron chi connectivity index (χ4n) is 2.49. The highest BCUT2D eigenvalue weighted by molar-refractivity contribution is 5.37. The third-order valence-corrected chi connectivity index (χ3v) is 4.10. The summed E-state index contributed by atoms with van der Waals surface area (Å²) in [4.78, 5) is 0. The molecule has 3 nitrogen and oxygen atoms in total. The molecule has 0 radical (unpaired) electrons. The van der Waals surface area contributed by atoms with Crippen LogP contribution in [-0.2, 0) is 6.61 Å². The van der Waals surface area contributed by atoms with Crippen LogP contribution in [0.25, 0.3) is 0 Å². The Balaban J connectivity index is 1.61. The van der Waals surface area contributed by atoms with E-state index in [1.165, 1.54) is 5.56 Å². The van der Waals surface area contributed by atoms with Crippen LogP contribution in [0.3, 0.4) is 0 Å². The number of nitrogens with one attached hydrogen (secondary N) is 1. The summed E-state index contributed by atoms with van der Waals surface area (Å²) in [5, 5.41) is 3.24. The van der Waals surface area contributed by atoms with Gasteiger partial charge in [-0.1, -0.05) is 42.5 Å². The van der Waals surface area contributed by atoms with E-state index in [9.17, 15) is 0 Å². The predicted octanol–water partition coefficient (Wildman–Crippen LogP) is 5.34. The fourth-order valence-corrected chi connectivity index (χ4v) is 2.49. The standard InChI is InChI=1S/C22H23NO2/c1-17(23-2)19-9-6-10-22(15-19)25-21-13-11-20(12-14-21)24-16-18-7-4-3-5-8-18/h3-15,17,23H,16H2,1-2H3. The molecule has 0 aliphatic carbocycles. The third kappa shape index (κ3) is 4.85. The lowest BCUT2D eigenvalue weighted by Crippen LogP contribution is -2.11. The van der Waals surface area contributed by atoms with Gasteiger partial charge in [0.25, 0.3) is 0 Å². The lowest BCUT2D eigenvalue weighted by atomic mass is 10.1. The molecule has 0 amide bonds. The van der Waals surface area contributed by atoms with Crippen LogP contribution in [0, 0.1) is 0 Å². The van der Waals surface area contributed by atoms with Gasteiger partial charge in [0.2, 0.25) is 0 Å². The Bertz CT molecular complexity index is 785. The third-order valence-electron chi connectivity index (χ3n) is 4.10. The summed E-state index contributed by atoms with van der Waals surface area (Å²) in [7, 11) is 1.95. The van der Waals surface area contributed by atoms with Crippen LogP contribution in [0.4, 0.5) is 0 Å². The van der Waals surface area contributed by atoms with Gasteiger partial charge in [0.1, 0.15) is 23.9 Å². The Morgan fingerprint density at radius 2 is 1.52 bits per heavy atom. The summed E-state index contributed by atoms with van der Waals surface area (Å²) in [5.74, 6) is 2.45. The maximum Gasteiger partial charge on any atom is 0.127 e. The van der Waals surface area contributed by atoms with E-state index in [4.69, 9.17) is 9.47 Å². The molecular formula is C22H23NO2. The second-order valence-electron chi connectivity index (χ2n) is 5.93. The minimum Gasteiger partial charge on any atom is -0.489 e. The zero-order valence-corrected chi connectivity index (χ0v) is 14.6. The molecule has 3 rings (SSSR count). The molecule has 128 valence electrons. The van der Waals surface area contributed by atoms with E-state index in [-0.39, 0.29) is 6.04 Å². The number of hydrogen-bond donors (Lipinski definition) is 1. The summed E-state index contributed by atoms with van der Waals surface area (Å²) >= 11 is 0. The Morgan fingerprint density at radius 1 is 0.800 bits per heavy atom. The molecule has 0 bridgehead atoms. The summed E-state index contributed by atoms with van der Waals surface area (Å²) in [6, 6.07) is 26.3. The van der Waals surface area contributed by atoms with Gasteiger partial charge in [0.05, 0.1) is 0 Å². The molecule has 3 heteroatoms. The van der Waals surface area contributed by atoms with E-state index in [0.29, 0.717) is 6.61 Å². The van der Waals surface area contributed by atoms with Crippen molar-refractivity contribution in [3.05, 3.63) is 90.0 Å². The molecule has 0 aromatic heterocycles. The van der Waals surface area contributed by atoms with Crippen molar-refractivity contribution in [2.75, 3.05) is 7.05 Å². The van der Waals surface area contributed by atoms with Gasteiger partial charge < -0.3 is 14.8 Å². The topological polar surface area (TPSA) is 30.5 Å². The number of rotatable bonds is 7. The molecule has 25 heavy (non-hydrogen) atoms. The largest absolute Gasteiger partial charge is 0.489 e. The first-order valence-corrected chi connectivity index (χ1v) is 8.46. The van der Waals surface area contributed by atoms with Gasteiger partial charge in [-0.3, -0.25) is 0 Å². The molecule has 1 unspecified atom stereocenters. The minimum absolute atomic E-state index is 0.289. The van der Waals surface area contributed by atoms with E-state index in [2.05, 4.69) is 36.5 Å². The monoisotopic (exact) mass is 333 g/mol. The van der Waals surface area contributed by atoms with Crippen molar-refractivity contribution in [3.8, 4) is 17.2 Å². The van der Waals surface area contributed by atoms with Crippen LogP contribution < -0.4 is 14.8 Å². The Hall–Kier alpha value is -2.78. The molecule has 3 aromatic carbocycles. The number of hydrogen-bond acceptors (Lipinski definition) is 3. The second kappa shape index (κ2) is 8.36. The van der Waals surface area contributed by atoms with Crippen molar-refractivity contribution in [1.82, 2.24) is 5.32 Å². The molecule has 0 saturated heterocycles. The van der Waals surface area contributed by atoms with Crippen molar-refractivity contribution >= 4 is 0 Å². The number of ether oxygens (including phenoxy) is 2. The summed E-state index contributed by atoms with van der Waals surface area (Å²) in [6.45, 7) is 2.68. The maximum atomic E-state index is 5.95. The average molecular weight is 333 g/mol. The van der Waals surface area contributed by atoms with Crippen LogP contribution in [0.15, 0.2) is 78.9 Å². The van der Waals surface area contributed by atoms with Gasteiger partial charge in [0, 0.05) is 6.04 Å². The Kier molecular flexibility index (Phi) is 5.70. The van der Waals surface area contributed by atoms with E-state index in [1.807, 2.05) is 61.6 Å². The highest BCUT2D eigenvalue weighted by Crippen LogP contribution is 2.26. The maximum absolute atomic E-state index is 5.95. The highest BCUT2D eigenvalue weighted by atomic mass is 16.5. The quantitative estimate of drug-likeness (QED) is 0.633. The van der Waals surface area contributed by atoms with Gasteiger partial charge in [-0.05, 0) is 61.5 Å². The van der Waals surface area contributed by atoms with Gasteiger partial charge in [-0.15, -0.1) is 0 Å². The fraction of sp³-hybridized carbons (Fsp3) is 0.182. The van der Waals surface area contributed by atoms with Gasteiger partial charge >= 0.3 is 0 Å². The minimum atomic E-state index is 0.289. The van der Waals surface area contributed by atoms with Crippen LogP contribution in [-0.4, -0.2) is 7.05 Å². The van der Waals surface area contributed by atoms with E-state index >= 15 is 0 Å². The lowest BCUT2D eigenvalue weighted by Gasteiger charge is -2.13. The van der Waals surface area contributed by atoms with Gasteiger partial charge in [0.15, 0.2) is 0 Å². The van der Waals surface area contributed by atoms with Gasteiger partial charge in [-0.2, -0.15) is 0 Å². The van der Waals surface area contributed by atoms with Crippen molar-refractivity contribution in [2.45, 2.75) is 19.6 Å². The molecule has 0 fully saturated rings. The number of benzene rings is 3. The van der Waals surface area contributed by atoms with E-state index < -0.39 is 0 Å². The summed E-state index contributed by atoms with van der Waals surface area (Å²) < 4.78 is 11.7. The Labute approximate surface area is 149 Å². The molecule has 0 spiro atoms. The van der Waals surface area contributed by atoms with Crippen molar-refractivity contribution in [2.24, 2.45) is 0 Å². The van der Waals surface area contributed by atoms with Crippen LogP contribution in [0.1, 0.15) is 24.1 Å². The summed E-state index contributed by atoms with van der Waals surface area (Å²) in [6.07, 6.45) is 0. The van der Waals surface area contributed by atoms with Gasteiger partial charge in [-0.25, -0.2) is 0 Å². The van der Waals surface area contributed by atoms with Crippen molar-refractivity contribution < 1.29 is 9.47 Å². The first kappa shape index (κ1) is 17.1. The smallest absolute Gasteiger partial charge is 0.127 e. The molecular weight excluding hydrogens is 310 g/mol. The predicted molar refractivity (Wildman–Crippen MR) is 101 cm³/mol. The van der Waals surface area contributed by atoms with E-state index in [1.54, 1.807) is 0 Å². The Morgan fingerprint density at radius 3 is 2.24 bits per heavy atom. The zero-order chi connectivity index (χ0) is 17.5. The molecule has 0 aliphatic heterocycles. The second-order valence-corrected chi connectivity index (χ2v) is 5.93. The highest BCUT2D eigenvalue weighted by Gasteiger charge is 2.05. The normalized spacial score (nSPS) is 11.8. The molecule has 1 N–H and O–H groups in total. The van der Waals surface area contributed by atoms with Crippen molar-refractivity contribution in [3.63, 3.8) is 0 Å². The SMILES string of the molecule is CNC(C)c1cccc(Oc2ccc(OCc3ccccc3)cc2)c1. The molecule has 1 atom stereocenters. The summed E-state index contributed by atoms with van der Waals surface area (Å²) in [5.41, 5.74) is 2.35. The first-order chi connectivity index (χ1) is 12.2. The van der Waals surface area contributed by atoms with E-state index in [0.717, 1.165) is 22.8 Å². The van der Waals surface area contributed by atoms with Crippen LogP contribution in [0.2, 0.25) is 0 Å².